The number of anilines is 2. The molecule has 2 saturated heterocycles. The third kappa shape index (κ3) is 7.91. The van der Waals surface area contributed by atoms with Crippen molar-refractivity contribution in [1.29, 1.82) is 5.26 Å². The minimum Gasteiger partial charge on any atom is -0.476 e. The first-order valence-electron chi connectivity index (χ1n) is 17.7. The number of likely N-dealkylation sites (tertiary alicyclic amines) is 1. The first kappa shape index (κ1) is 37.9. The van der Waals surface area contributed by atoms with E-state index < -0.39 is 36.0 Å². The fraction of sp³-hybridized carbons (Fsp3) is 0.421. The van der Waals surface area contributed by atoms with Crippen LogP contribution in [0.1, 0.15) is 49.5 Å². The quantitative estimate of drug-likeness (QED) is 0.253. The molecule has 1 atom stereocenters. The number of nitrogens with zero attached hydrogens (tertiary/aromatic N) is 7. The van der Waals surface area contributed by atoms with Crippen molar-refractivity contribution in [2.24, 2.45) is 5.92 Å². The minimum atomic E-state index is -1.21. The van der Waals surface area contributed by atoms with Gasteiger partial charge in [0.25, 0.3) is 5.91 Å². The van der Waals surface area contributed by atoms with E-state index in [1.807, 2.05) is 13.0 Å². The highest BCUT2D eigenvalue weighted by Gasteiger charge is 2.38. The van der Waals surface area contributed by atoms with Gasteiger partial charge in [0.05, 0.1) is 24.5 Å². The van der Waals surface area contributed by atoms with Crippen LogP contribution in [0.15, 0.2) is 48.9 Å². The van der Waals surface area contributed by atoms with E-state index in [2.05, 4.69) is 15.3 Å². The molecule has 0 radical (unpaired) electrons. The van der Waals surface area contributed by atoms with Crippen molar-refractivity contribution in [2.45, 2.75) is 52.2 Å². The number of halogens is 2. The molecule has 284 valence electrons. The summed E-state index contributed by atoms with van der Waals surface area (Å²) in [6, 6.07) is 9.05. The number of imidazole rings is 1. The molecule has 4 heterocycles. The van der Waals surface area contributed by atoms with Gasteiger partial charge in [-0.3, -0.25) is 18.9 Å². The van der Waals surface area contributed by atoms with Crippen LogP contribution in [0.25, 0.3) is 16.9 Å². The molecule has 16 heteroatoms. The summed E-state index contributed by atoms with van der Waals surface area (Å²) in [5, 5.41) is 21.9. The monoisotopic (exact) mass is 744 g/mol. The summed E-state index contributed by atoms with van der Waals surface area (Å²) in [4.78, 5) is 53.5. The Morgan fingerprint density at radius 3 is 2.48 bits per heavy atom. The Hall–Kier alpha value is -5.82. The lowest BCUT2D eigenvalue weighted by Gasteiger charge is -2.42. The number of aliphatic hydroxyl groups excluding tert-OH is 1. The molecular formula is C38H42F2N8O6. The van der Waals surface area contributed by atoms with Gasteiger partial charge in [0.15, 0.2) is 29.6 Å². The Balaban J connectivity index is 1.07. The number of nitrogens with one attached hydrogen (secondary N) is 1. The fourth-order valence-electron chi connectivity index (χ4n) is 6.81. The van der Waals surface area contributed by atoms with Crippen LogP contribution in [0.2, 0.25) is 0 Å². The highest BCUT2D eigenvalue weighted by atomic mass is 19.2. The van der Waals surface area contributed by atoms with E-state index >= 15 is 4.39 Å². The molecule has 2 fully saturated rings. The van der Waals surface area contributed by atoms with Gasteiger partial charge in [-0.05, 0) is 76.4 Å². The normalized spacial score (nSPS) is 16.6. The molecule has 0 spiro atoms. The molecule has 2 aliphatic rings. The van der Waals surface area contributed by atoms with Gasteiger partial charge in [0.1, 0.15) is 11.7 Å². The molecule has 2 aromatic heterocycles. The third-order valence-electron chi connectivity index (χ3n) is 9.53. The Morgan fingerprint density at radius 1 is 1.04 bits per heavy atom. The van der Waals surface area contributed by atoms with Gasteiger partial charge < -0.3 is 29.7 Å². The van der Waals surface area contributed by atoms with Crippen LogP contribution in [-0.2, 0) is 9.53 Å². The van der Waals surface area contributed by atoms with Crippen LogP contribution in [0.3, 0.4) is 0 Å². The van der Waals surface area contributed by atoms with E-state index in [4.69, 9.17) is 14.7 Å². The number of ether oxygens (including phenoxy) is 2. The summed E-state index contributed by atoms with van der Waals surface area (Å²) in [6.45, 7) is 8.08. The van der Waals surface area contributed by atoms with E-state index in [9.17, 15) is 23.9 Å². The number of aliphatic hydroxyl groups is 1. The lowest BCUT2D eigenvalue weighted by atomic mass is 9.93. The number of rotatable bonds is 8. The van der Waals surface area contributed by atoms with Crippen molar-refractivity contribution in [3.63, 3.8) is 0 Å². The Labute approximate surface area is 310 Å². The molecule has 0 saturated carbocycles. The van der Waals surface area contributed by atoms with E-state index in [1.54, 1.807) is 59.4 Å². The average Bonchev–Trinajstić information content (AvgIpc) is 3.59. The van der Waals surface area contributed by atoms with Crippen molar-refractivity contribution in [1.82, 2.24) is 29.1 Å². The number of piperazine rings is 1. The standard InChI is InChI=1S/C38H42F2N8O6/c1-23-19-25(44-33-34-43-20-29(48(34)15-12-42-33)28-7-8-30(53-18-11-41)32(40)31(28)39)5-6-27(23)36(51)45-13-9-24(10-14-45)35(50)46-16-17-47(26(21-46)22-49)37(52)54-38(2,3)4/h5-8,12,15,19-20,24,26,49H,9-10,13-14,16-18,21-22H2,1-4H3,(H,42,44)/t26-/m0/s1. The highest BCUT2D eigenvalue weighted by molar-refractivity contribution is 5.96. The molecule has 0 aliphatic carbocycles. The second-order valence-electron chi connectivity index (χ2n) is 14.3. The number of hydrogen-bond donors (Lipinski definition) is 2. The molecule has 6 rings (SSSR count). The number of aromatic nitrogens is 3. The predicted molar refractivity (Wildman–Crippen MR) is 193 cm³/mol. The maximum Gasteiger partial charge on any atom is 0.410 e. The van der Waals surface area contributed by atoms with Crippen molar-refractivity contribution in [3.8, 4) is 23.1 Å². The second kappa shape index (κ2) is 15.7. The number of amides is 3. The minimum absolute atomic E-state index is 0.0407. The number of carbonyl (C=O) groups excluding carboxylic acids is 3. The summed E-state index contributed by atoms with van der Waals surface area (Å²) < 4.78 is 41.7. The molecule has 2 N–H and O–H groups in total. The Morgan fingerprint density at radius 2 is 1.80 bits per heavy atom. The zero-order valence-corrected chi connectivity index (χ0v) is 30.5. The summed E-state index contributed by atoms with van der Waals surface area (Å²) in [7, 11) is 0. The largest absolute Gasteiger partial charge is 0.476 e. The predicted octanol–water partition coefficient (Wildman–Crippen LogP) is 4.92. The number of nitriles is 1. The maximum atomic E-state index is 15.1. The molecule has 14 nitrogen and oxygen atoms in total. The highest BCUT2D eigenvalue weighted by Crippen LogP contribution is 2.32. The van der Waals surface area contributed by atoms with Crippen LogP contribution in [0.5, 0.6) is 5.75 Å². The molecule has 4 aromatic rings. The lowest BCUT2D eigenvalue weighted by molar-refractivity contribution is -0.140. The fourth-order valence-corrected chi connectivity index (χ4v) is 6.81. The first-order valence-corrected chi connectivity index (χ1v) is 17.7. The second-order valence-corrected chi connectivity index (χ2v) is 14.3. The van der Waals surface area contributed by atoms with Crippen LogP contribution < -0.4 is 10.1 Å². The molecule has 0 unspecified atom stereocenters. The molecule has 3 amide bonds. The van der Waals surface area contributed by atoms with Crippen molar-refractivity contribution in [3.05, 3.63) is 71.7 Å². The maximum absolute atomic E-state index is 15.1. The number of fused-ring (bicyclic) bond motifs is 1. The van der Waals surface area contributed by atoms with Gasteiger partial charge in [0.2, 0.25) is 11.7 Å². The summed E-state index contributed by atoms with van der Waals surface area (Å²) >= 11 is 0. The number of hydrogen-bond acceptors (Lipinski definition) is 10. The van der Waals surface area contributed by atoms with E-state index in [0.717, 1.165) is 0 Å². The topological polar surface area (TPSA) is 166 Å². The van der Waals surface area contributed by atoms with Gasteiger partial charge in [-0.15, -0.1) is 0 Å². The van der Waals surface area contributed by atoms with E-state index in [-0.39, 0.29) is 54.4 Å². The van der Waals surface area contributed by atoms with Gasteiger partial charge in [0, 0.05) is 67.8 Å². The summed E-state index contributed by atoms with van der Waals surface area (Å²) in [5.41, 5.74) is 1.76. The Kier molecular flexibility index (Phi) is 11.0. The lowest BCUT2D eigenvalue weighted by Crippen LogP contribution is -2.59. The van der Waals surface area contributed by atoms with E-state index in [1.165, 1.54) is 29.4 Å². The molecule has 54 heavy (non-hydrogen) atoms. The van der Waals surface area contributed by atoms with Gasteiger partial charge in [-0.2, -0.15) is 9.65 Å². The Bertz CT molecular complexity index is 2100. The van der Waals surface area contributed by atoms with Gasteiger partial charge >= 0.3 is 6.09 Å². The first-order chi connectivity index (χ1) is 25.8. The van der Waals surface area contributed by atoms with Crippen LogP contribution in [0, 0.1) is 35.8 Å². The molecule has 0 bridgehead atoms. The van der Waals surface area contributed by atoms with Gasteiger partial charge in [-0.1, -0.05) is 0 Å². The zero-order chi connectivity index (χ0) is 38.7. The van der Waals surface area contributed by atoms with Gasteiger partial charge in [-0.25, -0.2) is 19.2 Å². The number of benzene rings is 2. The molecule has 2 aliphatic heterocycles. The summed E-state index contributed by atoms with van der Waals surface area (Å²) in [5.74, 6) is -2.83. The zero-order valence-electron chi connectivity index (χ0n) is 30.5. The van der Waals surface area contributed by atoms with E-state index in [0.29, 0.717) is 60.8 Å². The van der Waals surface area contributed by atoms with Crippen LogP contribution in [0.4, 0.5) is 25.1 Å². The SMILES string of the molecule is Cc1cc(Nc2nccn3c(-c4ccc(OCC#N)c(F)c4F)cnc23)ccc1C(=O)N1CCC(C(=O)N2CCN(C(=O)OC(C)(C)C)[C@H](CO)C2)CC1. The number of aryl methyl sites for hydroxylation is 1. The van der Waals surface area contributed by atoms with Crippen LogP contribution in [-0.4, -0.2) is 110 Å². The van der Waals surface area contributed by atoms with Crippen molar-refractivity contribution in [2.75, 3.05) is 51.3 Å². The number of piperidine rings is 1. The molecular weight excluding hydrogens is 702 g/mol. The molecule has 2 aromatic carbocycles. The van der Waals surface area contributed by atoms with Crippen LogP contribution >= 0.6 is 0 Å². The number of carbonyl (C=O) groups is 3. The third-order valence-corrected chi connectivity index (χ3v) is 9.53. The van der Waals surface area contributed by atoms with Crippen molar-refractivity contribution < 1.29 is 37.7 Å². The van der Waals surface area contributed by atoms with Crippen molar-refractivity contribution >= 4 is 35.1 Å². The average molecular weight is 745 g/mol. The summed E-state index contributed by atoms with van der Waals surface area (Å²) in [6.07, 6.45) is 4.95. The smallest absolute Gasteiger partial charge is 0.410 e.